The number of aromatic nitrogens is 1. The molecular weight excluding hydrogens is 238 g/mol. The molecule has 0 bridgehead atoms. The van der Waals surface area contributed by atoms with Crippen molar-refractivity contribution in [3.05, 3.63) is 18.5 Å². The number of anilines is 2. The molecule has 0 aromatic carbocycles. The van der Waals surface area contributed by atoms with E-state index in [0.29, 0.717) is 12.0 Å². The minimum atomic E-state index is 0.465. The molecule has 1 aliphatic heterocycles. The summed E-state index contributed by atoms with van der Waals surface area (Å²) in [5, 5.41) is 6.94. The number of nitrogens with one attached hydrogen (secondary N) is 2. The van der Waals surface area contributed by atoms with E-state index in [1.165, 1.54) is 0 Å². The van der Waals surface area contributed by atoms with Gasteiger partial charge < -0.3 is 15.4 Å². The summed E-state index contributed by atoms with van der Waals surface area (Å²) in [5.41, 5.74) is 2.19. The lowest BCUT2D eigenvalue weighted by Gasteiger charge is -2.29. The van der Waals surface area contributed by atoms with Crippen LogP contribution in [0.3, 0.4) is 0 Å². The number of ether oxygens (including phenoxy) is 1. The maximum atomic E-state index is 5.41. The molecule has 19 heavy (non-hydrogen) atoms. The molecule has 1 unspecified atom stereocenters. The molecule has 1 atom stereocenters. The molecule has 1 aromatic rings. The molecular formula is C15H25N3O. The van der Waals surface area contributed by atoms with Gasteiger partial charge in [0.1, 0.15) is 0 Å². The summed E-state index contributed by atoms with van der Waals surface area (Å²) in [6, 6.07) is 2.60. The van der Waals surface area contributed by atoms with Crippen LogP contribution in [0.15, 0.2) is 18.5 Å². The maximum Gasteiger partial charge on any atom is 0.0549 e. The van der Waals surface area contributed by atoms with Crippen LogP contribution >= 0.6 is 0 Å². The molecule has 4 nitrogen and oxygen atoms in total. The summed E-state index contributed by atoms with van der Waals surface area (Å²) in [7, 11) is 0. The first-order valence-electron chi connectivity index (χ1n) is 7.32. The molecule has 2 N–H and O–H groups in total. The van der Waals surface area contributed by atoms with Crippen LogP contribution in [0.1, 0.15) is 33.1 Å². The second kappa shape index (κ2) is 7.34. The van der Waals surface area contributed by atoms with Crippen molar-refractivity contribution in [1.82, 2.24) is 4.98 Å². The Hall–Kier alpha value is -1.29. The highest BCUT2D eigenvalue weighted by molar-refractivity contribution is 5.54. The quantitative estimate of drug-likeness (QED) is 0.827. The van der Waals surface area contributed by atoms with Gasteiger partial charge in [0, 0.05) is 25.8 Å². The third kappa shape index (κ3) is 4.39. The van der Waals surface area contributed by atoms with Gasteiger partial charge in [-0.2, -0.15) is 0 Å². The molecule has 1 aromatic heterocycles. The molecule has 1 aliphatic rings. The topological polar surface area (TPSA) is 46.2 Å². The largest absolute Gasteiger partial charge is 0.384 e. The molecule has 1 fully saturated rings. The molecule has 0 aliphatic carbocycles. The zero-order valence-electron chi connectivity index (χ0n) is 12.0. The van der Waals surface area contributed by atoms with Crippen molar-refractivity contribution in [1.29, 1.82) is 0 Å². The summed E-state index contributed by atoms with van der Waals surface area (Å²) in [6.45, 7) is 7.19. The number of pyridine rings is 1. The highest BCUT2D eigenvalue weighted by Crippen LogP contribution is 2.22. The Morgan fingerprint density at radius 3 is 2.79 bits per heavy atom. The van der Waals surface area contributed by atoms with Gasteiger partial charge in [0.2, 0.25) is 0 Å². The lowest BCUT2D eigenvalue weighted by molar-refractivity contribution is 0.0622. The Labute approximate surface area is 116 Å². The third-order valence-corrected chi connectivity index (χ3v) is 3.68. The Bertz CT molecular complexity index is 377. The summed E-state index contributed by atoms with van der Waals surface area (Å²) < 4.78 is 5.41. The fourth-order valence-electron chi connectivity index (χ4n) is 2.48. The van der Waals surface area contributed by atoms with Crippen LogP contribution in [0.25, 0.3) is 0 Å². The number of rotatable bonds is 6. The fourth-order valence-corrected chi connectivity index (χ4v) is 2.48. The van der Waals surface area contributed by atoms with E-state index in [4.69, 9.17) is 4.74 Å². The van der Waals surface area contributed by atoms with Crippen LogP contribution in [0.4, 0.5) is 11.4 Å². The first kappa shape index (κ1) is 14.1. The summed E-state index contributed by atoms with van der Waals surface area (Å²) >= 11 is 0. The van der Waals surface area contributed by atoms with Crippen LogP contribution in [-0.2, 0) is 4.74 Å². The van der Waals surface area contributed by atoms with Gasteiger partial charge in [-0.25, -0.2) is 0 Å². The van der Waals surface area contributed by atoms with Crippen LogP contribution in [-0.4, -0.2) is 30.8 Å². The van der Waals surface area contributed by atoms with Crippen molar-refractivity contribution in [2.45, 2.75) is 39.2 Å². The zero-order chi connectivity index (χ0) is 13.5. The van der Waals surface area contributed by atoms with E-state index in [1.807, 2.05) is 12.4 Å². The standard InChI is InChI=1S/C15H25N3O/c1-3-6-17-14-9-15(11-16-10-14)18-12(2)13-4-7-19-8-5-13/h9-13,17-18H,3-8H2,1-2H3. The average Bonchev–Trinajstić information content (AvgIpc) is 2.46. The first-order valence-corrected chi connectivity index (χ1v) is 7.32. The van der Waals surface area contributed by atoms with Gasteiger partial charge >= 0.3 is 0 Å². The zero-order valence-corrected chi connectivity index (χ0v) is 12.0. The molecule has 4 heteroatoms. The Morgan fingerprint density at radius 1 is 1.32 bits per heavy atom. The monoisotopic (exact) mass is 263 g/mol. The first-order chi connectivity index (χ1) is 9.29. The highest BCUT2D eigenvalue weighted by Gasteiger charge is 2.20. The van der Waals surface area contributed by atoms with Gasteiger partial charge in [0.15, 0.2) is 0 Å². The van der Waals surface area contributed by atoms with Crippen molar-refractivity contribution >= 4 is 11.4 Å². The van der Waals surface area contributed by atoms with E-state index in [9.17, 15) is 0 Å². The fraction of sp³-hybridized carbons (Fsp3) is 0.667. The third-order valence-electron chi connectivity index (χ3n) is 3.68. The number of hydrogen-bond donors (Lipinski definition) is 2. The molecule has 1 saturated heterocycles. The molecule has 0 radical (unpaired) electrons. The second-order valence-electron chi connectivity index (χ2n) is 5.27. The SMILES string of the molecule is CCCNc1cncc(NC(C)C2CCOCC2)c1. The smallest absolute Gasteiger partial charge is 0.0549 e. The van der Waals surface area contributed by atoms with E-state index in [2.05, 4.69) is 35.5 Å². The van der Waals surface area contributed by atoms with Crippen molar-refractivity contribution in [2.24, 2.45) is 5.92 Å². The lowest BCUT2D eigenvalue weighted by Crippen LogP contribution is -2.31. The molecule has 2 heterocycles. The number of nitrogens with zero attached hydrogens (tertiary/aromatic N) is 1. The highest BCUT2D eigenvalue weighted by atomic mass is 16.5. The molecule has 0 spiro atoms. The van der Waals surface area contributed by atoms with E-state index in [0.717, 1.165) is 50.4 Å². The van der Waals surface area contributed by atoms with Crippen LogP contribution < -0.4 is 10.6 Å². The summed E-state index contributed by atoms with van der Waals surface area (Å²) in [4.78, 5) is 4.29. The Balaban J connectivity index is 1.90. The van der Waals surface area contributed by atoms with Crippen molar-refractivity contribution in [3.8, 4) is 0 Å². The predicted molar refractivity (Wildman–Crippen MR) is 79.6 cm³/mol. The summed E-state index contributed by atoms with van der Waals surface area (Å²) in [5.74, 6) is 0.695. The van der Waals surface area contributed by atoms with Gasteiger partial charge in [-0.15, -0.1) is 0 Å². The van der Waals surface area contributed by atoms with Crippen LogP contribution in [0, 0.1) is 5.92 Å². The van der Waals surface area contributed by atoms with E-state index >= 15 is 0 Å². The van der Waals surface area contributed by atoms with Gasteiger partial charge in [-0.3, -0.25) is 4.98 Å². The minimum Gasteiger partial charge on any atom is -0.384 e. The summed E-state index contributed by atoms with van der Waals surface area (Å²) in [6.07, 6.45) is 7.19. The second-order valence-corrected chi connectivity index (χ2v) is 5.27. The van der Waals surface area contributed by atoms with Crippen molar-refractivity contribution in [2.75, 3.05) is 30.4 Å². The van der Waals surface area contributed by atoms with Gasteiger partial charge in [0.25, 0.3) is 0 Å². The molecule has 0 amide bonds. The lowest BCUT2D eigenvalue weighted by atomic mass is 9.93. The molecule has 2 rings (SSSR count). The van der Waals surface area contributed by atoms with Crippen molar-refractivity contribution in [3.63, 3.8) is 0 Å². The van der Waals surface area contributed by atoms with Gasteiger partial charge in [0.05, 0.1) is 23.8 Å². The Morgan fingerprint density at radius 2 is 2.05 bits per heavy atom. The maximum absolute atomic E-state index is 5.41. The molecule has 106 valence electrons. The Kier molecular flexibility index (Phi) is 5.45. The average molecular weight is 263 g/mol. The van der Waals surface area contributed by atoms with E-state index in [1.54, 1.807) is 0 Å². The minimum absolute atomic E-state index is 0.465. The van der Waals surface area contributed by atoms with Gasteiger partial charge in [-0.1, -0.05) is 6.92 Å². The number of hydrogen-bond acceptors (Lipinski definition) is 4. The van der Waals surface area contributed by atoms with E-state index < -0.39 is 0 Å². The van der Waals surface area contributed by atoms with E-state index in [-0.39, 0.29) is 0 Å². The van der Waals surface area contributed by atoms with Crippen LogP contribution in [0.2, 0.25) is 0 Å². The van der Waals surface area contributed by atoms with Gasteiger partial charge in [-0.05, 0) is 38.2 Å². The predicted octanol–water partition coefficient (Wildman–Crippen LogP) is 3.13. The normalized spacial score (nSPS) is 18.0. The molecule has 0 saturated carbocycles. The van der Waals surface area contributed by atoms with Crippen molar-refractivity contribution < 1.29 is 4.74 Å². The van der Waals surface area contributed by atoms with Crippen LogP contribution in [0.5, 0.6) is 0 Å².